The van der Waals surface area contributed by atoms with Crippen molar-refractivity contribution in [1.82, 2.24) is 5.32 Å². The maximum atomic E-state index is 5.10. The molecular formula is C18H31NOS. The van der Waals surface area contributed by atoms with Crippen LogP contribution in [-0.4, -0.2) is 38.3 Å². The molecule has 0 amide bonds. The maximum absolute atomic E-state index is 5.10. The Labute approximate surface area is 135 Å². The summed E-state index contributed by atoms with van der Waals surface area (Å²) in [7, 11) is 1.76. The van der Waals surface area contributed by atoms with Crippen LogP contribution in [0.5, 0.6) is 0 Å². The molecule has 3 heteroatoms. The molecule has 0 heterocycles. The molecule has 1 atom stereocenters. The zero-order valence-corrected chi connectivity index (χ0v) is 14.7. The fourth-order valence-corrected chi connectivity index (χ4v) is 3.09. The van der Waals surface area contributed by atoms with Gasteiger partial charge in [-0.25, -0.2) is 0 Å². The van der Waals surface area contributed by atoms with Crippen molar-refractivity contribution >= 4 is 11.8 Å². The lowest BCUT2D eigenvalue weighted by molar-refractivity contribution is 0.197. The Morgan fingerprint density at radius 1 is 1.24 bits per heavy atom. The first-order valence-electron chi connectivity index (χ1n) is 8.09. The molecule has 0 aliphatic rings. The summed E-state index contributed by atoms with van der Waals surface area (Å²) in [5.74, 6) is 3.25. The summed E-state index contributed by atoms with van der Waals surface area (Å²) in [6, 6.07) is 8.99. The summed E-state index contributed by atoms with van der Waals surface area (Å²) >= 11 is 2.05. The number of hydrogen-bond acceptors (Lipinski definition) is 3. The lowest BCUT2D eigenvalue weighted by Crippen LogP contribution is -2.27. The fourth-order valence-electron chi connectivity index (χ4n) is 2.43. The zero-order chi connectivity index (χ0) is 15.3. The van der Waals surface area contributed by atoms with Crippen molar-refractivity contribution in [2.24, 2.45) is 5.92 Å². The number of methoxy groups -OCH3 is 1. The largest absolute Gasteiger partial charge is 0.383 e. The summed E-state index contributed by atoms with van der Waals surface area (Å²) < 4.78 is 5.10. The van der Waals surface area contributed by atoms with Gasteiger partial charge in [0.15, 0.2) is 0 Å². The van der Waals surface area contributed by atoms with E-state index in [0.29, 0.717) is 0 Å². The van der Waals surface area contributed by atoms with E-state index in [4.69, 9.17) is 4.74 Å². The molecular weight excluding hydrogens is 278 g/mol. The third-order valence-electron chi connectivity index (χ3n) is 3.67. The van der Waals surface area contributed by atoms with Gasteiger partial charge in [0, 0.05) is 13.7 Å². The Balaban J connectivity index is 2.39. The van der Waals surface area contributed by atoms with E-state index in [-0.39, 0.29) is 0 Å². The molecule has 120 valence electrons. The van der Waals surface area contributed by atoms with Gasteiger partial charge in [0.25, 0.3) is 0 Å². The van der Waals surface area contributed by atoms with Crippen LogP contribution in [-0.2, 0) is 11.2 Å². The maximum Gasteiger partial charge on any atom is 0.0587 e. The zero-order valence-electron chi connectivity index (χ0n) is 13.9. The molecule has 0 aromatic heterocycles. The van der Waals surface area contributed by atoms with Gasteiger partial charge in [0.05, 0.1) is 6.61 Å². The average molecular weight is 310 g/mol. The molecule has 1 unspecified atom stereocenters. The summed E-state index contributed by atoms with van der Waals surface area (Å²) in [6.45, 7) is 7.22. The van der Waals surface area contributed by atoms with Gasteiger partial charge < -0.3 is 10.1 Å². The molecule has 0 bridgehead atoms. The Kier molecular flexibility index (Phi) is 10.7. The lowest BCUT2D eigenvalue weighted by Gasteiger charge is -2.18. The highest BCUT2D eigenvalue weighted by atomic mass is 32.2. The molecule has 21 heavy (non-hydrogen) atoms. The van der Waals surface area contributed by atoms with E-state index in [2.05, 4.69) is 43.4 Å². The molecule has 2 nitrogen and oxygen atoms in total. The first-order valence-corrected chi connectivity index (χ1v) is 9.24. The Morgan fingerprint density at radius 2 is 2.00 bits per heavy atom. The van der Waals surface area contributed by atoms with Gasteiger partial charge in [-0.15, -0.1) is 0 Å². The van der Waals surface area contributed by atoms with Gasteiger partial charge in [0.1, 0.15) is 0 Å². The molecule has 0 saturated heterocycles. The van der Waals surface area contributed by atoms with E-state index < -0.39 is 0 Å². The highest BCUT2D eigenvalue weighted by Gasteiger charge is 2.09. The monoisotopic (exact) mass is 309 g/mol. The SMILES string of the molecule is CCSCCCC(CNCCOC)Cc1ccc(C)cc1. The fraction of sp³-hybridized carbons (Fsp3) is 0.667. The van der Waals surface area contributed by atoms with Crippen LogP contribution in [0.3, 0.4) is 0 Å². The molecule has 0 spiro atoms. The second kappa shape index (κ2) is 12.1. The first-order chi connectivity index (χ1) is 10.3. The quantitative estimate of drug-likeness (QED) is 0.591. The van der Waals surface area contributed by atoms with E-state index in [1.54, 1.807) is 7.11 Å². The first kappa shape index (κ1) is 18.5. The number of thioether (sulfide) groups is 1. The predicted molar refractivity (Wildman–Crippen MR) is 95.4 cm³/mol. The van der Waals surface area contributed by atoms with Crippen molar-refractivity contribution in [3.05, 3.63) is 35.4 Å². The normalized spacial score (nSPS) is 12.5. The molecule has 1 N–H and O–H groups in total. The van der Waals surface area contributed by atoms with Gasteiger partial charge in [-0.3, -0.25) is 0 Å². The van der Waals surface area contributed by atoms with Gasteiger partial charge in [-0.1, -0.05) is 36.8 Å². The highest BCUT2D eigenvalue weighted by Crippen LogP contribution is 2.16. The predicted octanol–water partition coefficient (Wildman–Crippen LogP) is 3.92. The third kappa shape index (κ3) is 9.18. The van der Waals surface area contributed by atoms with Crippen LogP contribution in [0.25, 0.3) is 0 Å². The third-order valence-corrected chi connectivity index (χ3v) is 4.65. The lowest BCUT2D eigenvalue weighted by atomic mass is 9.94. The van der Waals surface area contributed by atoms with Gasteiger partial charge in [-0.05, 0) is 55.7 Å². The van der Waals surface area contributed by atoms with Crippen molar-refractivity contribution < 1.29 is 4.74 Å². The summed E-state index contributed by atoms with van der Waals surface area (Å²) in [4.78, 5) is 0. The smallest absolute Gasteiger partial charge is 0.0587 e. The molecule has 0 saturated carbocycles. The van der Waals surface area contributed by atoms with Gasteiger partial charge in [-0.2, -0.15) is 11.8 Å². The van der Waals surface area contributed by atoms with Crippen LogP contribution in [0.1, 0.15) is 30.9 Å². The Bertz CT molecular complexity index is 341. The Hall–Kier alpha value is -0.510. The van der Waals surface area contributed by atoms with Crippen LogP contribution >= 0.6 is 11.8 Å². The number of aryl methyl sites for hydroxylation is 1. The van der Waals surface area contributed by atoms with E-state index in [9.17, 15) is 0 Å². The highest BCUT2D eigenvalue weighted by molar-refractivity contribution is 7.99. The number of hydrogen-bond donors (Lipinski definition) is 1. The average Bonchev–Trinajstić information content (AvgIpc) is 2.50. The molecule has 1 rings (SSSR count). The van der Waals surface area contributed by atoms with Gasteiger partial charge in [0.2, 0.25) is 0 Å². The minimum atomic E-state index is 0.724. The van der Waals surface area contributed by atoms with Crippen LogP contribution < -0.4 is 5.32 Å². The van der Waals surface area contributed by atoms with Crippen molar-refractivity contribution in [2.45, 2.75) is 33.1 Å². The molecule has 1 aromatic rings. The number of ether oxygens (including phenoxy) is 1. The van der Waals surface area contributed by atoms with E-state index >= 15 is 0 Å². The van der Waals surface area contributed by atoms with Crippen LogP contribution in [0.2, 0.25) is 0 Å². The minimum Gasteiger partial charge on any atom is -0.383 e. The minimum absolute atomic E-state index is 0.724. The number of benzene rings is 1. The number of rotatable bonds is 12. The van der Waals surface area contributed by atoms with Crippen molar-refractivity contribution in [3.8, 4) is 0 Å². The van der Waals surface area contributed by atoms with Crippen LogP contribution in [0, 0.1) is 12.8 Å². The van der Waals surface area contributed by atoms with Crippen molar-refractivity contribution in [1.29, 1.82) is 0 Å². The van der Waals surface area contributed by atoms with Crippen LogP contribution in [0.4, 0.5) is 0 Å². The van der Waals surface area contributed by atoms with E-state index in [0.717, 1.165) is 25.6 Å². The topological polar surface area (TPSA) is 21.3 Å². The molecule has 0 aliphatic heterocycles. The number of nitrogens with one attached hydrogen (secondary N) is 1. The van der Waals surface area contributed by atoms with E-state index in [1.165, 1.54) is 41.9 Å². The standard InChI is InChI=1S/C18H31NOS/c1-4-21-13-5-6-18(15-19-11-12-20-3)14-17-9-7-16(2)8-10-17/h7-10,18-19H,4-6,11-15H2,1-3H3. The molecule has 0 aliphatic carbocycles. The molecule has 0 fully saturated rings. The second-order valence-electron chi connectivity index (χ2n) is 5.59. The molecule has 0 radical (unpaired) electrons. The summed E-state index contributed by atoms with van der Waals surface area (Å²) in [6.07, 6.45) is 3.80. The van der Waals surface area contributed by atoms with Crippen molar-refractivity contribution in [2.75, 3.05) is 38.3 Å². The second-order valence-corrected chi connectivity index (χ2v) is 6.99. The van der Waals surface area contributed by atoms with Crippen LogP contribution in [0.15, 0.2) is 24.3 Å². The van der Waals surface area contributed by atoms with Crippen molar-refractivity contribution in [3.63, 3.8) is 0 Å². The Morgan fingerprint density at radius 3 is 2.67 bits per heavy atom. The van der Waals surface area contributed by atoms with E-state index in [1.807, 2.05) is 11.8 Å². The van der Waals surface area contributed by atoms with Gasteiger partial charge >= 0.3 is 0 Å². The summed E-state index contributed by atoms with van der Waals surface area (Å²) in [5, 5.41) is 3.53. The molecule has 1 aromatic carbocycles. The summed E-state index contributed by atoms with van der Waals surface area (Å²) in [5.41, 5.74) is 2.80.